The molecule has 0 atom stereocenters. The van der Waals surface area contributed by atoms with Crippen molar-refractivity contribution in [2.24, 2.45) is 0 Å². The van der Waals surface area contributed by atoms with Crippen LogP contribution in [-0.2, 0) is 38.1 Å². The minimum atomic E-state index is -0.988. The summed E-state index contributed by atoms with van der Waals surface area (Å²) in [5.74, 6) is -1.65. The van der Waals surface area contributed by atoms with Crippen LogP contribution in [0.25, 0.3) is 0 Å². The van der Waals surface area contributed by atoms with Gasteiger partial charge in [-0.05, 0) is 40.0 Å². The van der Waals surface area contributed by atoms with Gasteiger partial charge in [0, 0.05) is 45.6 Å². The molecule has 3 N–H and O–H groups in total. The highest BCUT2D eigenvalue weighted by molar-refractivity contribution is 5.80. The summed E-state index contributed by atoms with van der Waals surface area (Å²) in [7, 11) is 0. The molecule has 0 aromatic heterocycles. The summed E-state index contributed by atoms with van der Waals surface area (Å²) in [5, 5.41) is 13.9. The van der Waals surface area contributed by atoms with Crippen molar-refractivity contribution >= 4 is 23.8 Å². The van der Waals surface area contributed by atoms with E-state index in [-0.39, 0.29) is 43.5 Å². The lowest BCUT2D eigenvalue weighted by molar-refractivity contribution is -0.155. The number of hydrogen-bond acceptors (Lipinski definition) is 8. The fraction of sp³-hybridized carbons (Fsp3) is 0.826. The second kappa shape index (κ2) is 20.2. The molecule has 0 aliphatic heterocycles. The number of rotatable bonds is 21. The molecular weight excluding hydrogens is 448 g/mol. The number of carboxylic acid groups (broad SMARTS) is 1. The number of aliphatic carboxylic acids is 1. The minimum absolute atomic E-state index is 0.0158. The van der Waals surface area contributed by atoms with Crippen LogP contribution >= 0.6 is 0 Å². The zero-order valence-corrected chi connectivity index (χ0v) is 20.8. The maximum absolute atomic E-state index is 11.7. The summed E-state index contributed by atoms with van der Waals surface area (Å²) in [6, 6.07) is 0. The van der Waals surface area contributed by atoms with Crippen molar-refractivity contribution in [2.75, 3.05) is 52.7 Å². The molecule has 0 saturated heterocycles. The second-order valence-electron chi connectivity index (χ2n) is 8.58. The van der Waals surface area contributed by atoms with Gasteiger partial charge in [0.1, 0.15) is 5.60 Å². The number of amides is 2. The van der Waals surface area contributed by atoms with Crippen LogP contribution in [0.3, 0.4) is 0 Å². The predicted molar refractivity (Wildman–Crippen MR) is 124 cm³/mol. The zero-order valence-electron chi connectivity index (χ0n) is 20.8. The van der Waals surface area contributed by atoms with Gasteiger partial charge < -0.3 is 34.7 Å². The molecule has 11 heteroatoms. The van der Waals surface area contributed by atoms with Crippen molar-refractivity contribution in [1.82, 2.24) is 10.6 Å². The van der Waals surface area contributed by atoms with E-state index in [0.717, 1.165) is 0 Å². The van der Waals surface area contributed by atoms with E-state index < -0.39 is 11.6 Å². The molecule has 0 unspecified atom stereocenters. The average Bonchev–Trinajstić information content (AvgIpc) is 2.73. The van der Waals surface area contributed by atoms with Gasteiger partial charge in [-0.1, -0.05) is 0 Å². The van der Waals surface area contributed by atoms with E-state index >= 15 is 0 Å². The Morgan fingerprint density at radius 1 is 0.647 bits per heavy atom. The molecule has 0 heterocycles. The number of hydrogen-bond donors (Lipinski definition) is 3. The third-order valence-corrected chi connectivity index (χ3v) is 4.09. The fourth-order valence-corrected chi connectivity index (χ4v) is 2.53. The van der Waals surface area contributed by atoms with Gasteiger partial charge in [-0.3, -0.25) is 19.2 Å². The SMILES string of the molecule is CC(C)(C)OC(=O)CCCC(=O)NCCCOCCOCCOCCCNC(=O)CCC(=O)O. The maximum Gasteiger partial charge on any atom is 0.306 e. The van der Waals surface area contributed by atoms with E-state index in [0.29, 0.717) is 72.0 Å². The van der Waals surface area contributed by atoms with Crippen molar-refractivity contribution in [1.29, 1.82) is 0 Å². The van der Waals surface area contributed by atoms with E-state index in [4.69, 9.17) is 24.1 Å². The number of carbonyl (C=O) groups is 4. The molecule has 0 bridgehead atoms. The van der Waals surface area contributed by atoms with E-state index in [2.05, 4.69) is 10.6 Å². The van der Waals surface area contributed by atoms with Gasteiger partial charge in [0.2, 0.25) is 11.8 Å². The minimum Gasteiger partial charge on any atom is -0.481 e. The Kier molecular flexibility index (Phi) is 18.8. The molecule has 0 aromatic carbocycles. The molecule has 0 fully saturated rings. The topological polar surface area (TPSA) is 149 Å². The number of carbonyl (C=O) groups excluding carboxylic acids is 3. The fourth-order valence-electron chi connectivity index (χ4n) is 2.53. The second-order valence-corrected chi connectivity index (χ2v) is 8.58. The molecule has 0 radical (unpaired) electrons. The summed E-state index contributed by atoms with van der Waals surface area (Å²) in [4.78, 5) is 45.0. The summed E-state index contributed by atoms with van der Waals surface area (Å²) in [6.45, 7) is 9.15. The van der Waals surface area contributed by atoms with Crippen LogP contribution in [0, 0.1) is 0 Å². The van der Waals surface area contributed by atoms with Gasteiger partial charge in [0.05, 0.1) is 32.8 Å². The van der Waals surface area contributed by atoms with Crippen molar-refractivity contribution in [3.05, 3.63) is 0 Å². The maximum atomic E-state index is 11.7. The van der Waals surface area contributed by atoms with Crippen molar-refractivity contribution in [3.8, 4) is 0 Å². The molecule has 0 rings (SSSR count). The number of carboxylic acids is 1. The lowest BCUT2D eigenvalue weighted by Crippen LogP contribution is -2.26. The van der Waals surface area contributed by atoms with Crippen LogP contribution in [0.4, 0.5) is 0 Å². The molecule has 0 saturated carbocycles. The quantitative estimate of drug-likeness (QED) is 0.160. The molecule has 0 aromatic rings. The average molecular weight is 491 g/mol. The molecular formula is C23H42N2O9. The van der Waals surface area contributed by atoms with Gasteiger partial charge in [-0.2, -0.15) is 0 Å². The Labute approximate surface area is 202 Å². The Hall–Kier alpha value is -2.24. The first-order valence-electron chi connectivity index (χ1n) is 11.8. The highest BCUT2D eigenvalue weighted by Gasteiger charge is 2.16. The van der Waals surface area contributed by atoms with Gasteiger partial charge in [0.15, 0.2) is 0 Å². The van der Waals surface area contributed by atoms with E-state index in [1.807, 2.05) is 20.8 Å². The lowest BCUT2D eigenvalue weighted by atomic mass is 10.2. The molecule has 34 heavy (non-hydrogen) atoms. The normalized spacial score (nSPS) is 11.1. The van der Waals surface area contributed by atoms with Gasteiger partial charge in [-0.25, -0.2) is 0 Å². The summed E-state index contributed by atoms with van der Waals surface area (Å²) in [5.41, 5.74) is -0.507. The summed E-state index contributed by atoms with van der Waals surface area (Å²) >= 11 is 0. The Balaban J connectivity index is 3.32. The molecule has 198 valence electrons. The third-order valence-electron chi connectivity index (χ3n) is 4.09. The zero-order chi connectivity index (χ0) is 25.7. The Morgan fingerprint density at radius 2 is 1.12 bits per heavy atom. The first kappa shape index (κ1) is 31.8. The van der Waals surface area contributed by atoms with E-state index in [1.165, 1.54) is 0 Å². The van der Waals surface area contributed by atoms with Crippen molar-refractivity contribution < 1.29 is 43.2 Å². The summed E-state index contributed by atoms with van der Waals surface area (Å²) < 4.78 is 21.4. The van der Waals surface area contributed by atoms with Crippen LogP contribution in [-0.4, -0.2) is 87.2 Å². The van der Waals surface area contributed by atoms with Crippen LogP contribution < -0.4 is 10.6 Å². The molecule has 0 aliphatic carbocycles. The largest absolute Gasteiger partial charge is 0.481 e. The lowest BCUT2D eigenvalue weighted by Gasteiger charge is -2.19. The first-order valence-corrected chi connectivity index (χ1v) is 11.8. The van der Waals surface area contributed by atoms with Crippen LogP contribution in [0.1, 0.15) is 65.7 Å². The van der Waals surface area contributed by atoms with Crippen LogP contribution in [0.15, 0.2) is 0 Å². The predicted octanol–water partition coefficient (Wildman–Crippen LogP) is 1.43. The van der Waals surface area contributed by atoms with Gasteiger partial charge in [-0.15, -0.1) is 0 Å². The molecule has 11 nitrogen and oxygen atoms in total. The van der Waals surface area contributed by atoms with Crippen LogP contribution in [0.5, 0.6) is 0 Å². The molecule has 0 aliphatic rings. The monoisotopic (exact) mass is 490 g/mol. The highest BCUT2D eigenvalue weighted by atomic mass is 16.6. The van der Waals surface area contributed by atoms with Gasteiger partial charge in [0.25, 0.3) is 0 Å². The number of ether oxygens (including phenoxy) is 4. The van der Waals surface area contributed by atoms with Gasteiger partial charge >= 0.3 is 11.9 Å². The number of nitrogens with one attached hydrogen (secondary N) is 2. The van der Waals surface area contributed by atoms with Crippen molar-refractivity contribution in [2.45, 2.75) is 71.3 Å². The molecule has 2 amide bonds. The summed E-state index contributed by atoms with van der Waals surface area (Å²) in [6.07, 6.45) is 2.13. The van der Waals surface area contributed by atoms with E-state index in [9.17, 15) is 19.2 Å². The van der Waals surface area contributed by atoms with E-state index in [1.54, 1.807) is 0 Å². The number of esters is 1. The smallest absolute Gasteiger partial charge is 0.306 e. The third kappa shape index (κ3) is 24.4. The first-order chi connectivity index (χ1) is 16.1. The Morgan fingerprint density at radius 3 is 1.59 bits per heavy atom. The standard InChI is InChI=1S/C23H42N2O9/c1-23(2,3)34-22(30)8-4-7-19(26)24-11-5-13-31-15-17-33-18-16-32-14-6-12-25-20(27)9-10-21(28)29/h4-18H2,1-3H3,(H,24,26)(H,25,27)(H,28,29). The molecule has 0 spiro atoms. The highest BCUT2D eigenvalue weighted by Crippen LogP contribution is 2.09. The van der Waals surface area contributed by atoms with Crippen molar-refractivity contribution in [3.63, 3.8) is 0 Å². The Bertz CT molecular complexity index is 591. The van der Waals surface area contributed by atoms with Crippen LogP contribution in [0.2, 0.25) is 0 Å².